The van der Waals surface area contributed by atoms with Crippen LogP contribution in [0.25, 0.3) is 0 Å². The van der Waals surface area contributed by atoms with Gasteiger partial charge in [-0.2, -0.15) is 0 Å². The van der Waals surface area contributed by atoms with Crippen LogP contribution in [0, 0.1) is 10.1 Å². The number of piperazine rings is 1. The van der Waals surface area contributed by atoms with Crippen molar-refractivity contribution in [2.45, 2.75) is 13.0 Å². The van der Waals surface area contributed by atoms with Crippen LogP contribution in [0.1, 0.15) is 6.92 Å². The Labute approximate surface area is 175 Å². The molecule has 160 valence electrons. The van der Waals surface area contributed by atoms with Gasteiger partial charge in [0.2, 0.25) is 5.91 Å². The van der Waals surface area contributed by atoms with E-state index in [2.05, 4.69) is 15.1 Å². The Morgan fingerprint density at radius 1 is 1.07 bits per heavy atom. The smallest absolute Gasteiger partial charge is 0.273 e. The minimum Gasteiger partial charge on any atom is -0.497 e. The molecule has 0 spiro atoms. The van der Waals surface area contributed by atoms with Gasteiger partial charge in [0.05, 0.1) is 36.9 Å². The average Bonchev–Trinajstić information content (AvgIpc) is 2.78. The molecule has 30 heavy (non-hydrogen) atoms. The highest BCUT2D eigenvalue weighted by molar-refractivity contribution is 5.96. The van der Waals surface area contributed by atoms with Gasteiger partial charge in [-0.3, -0.25) is 19.8 Å². The lowest BCUT2D eigenvalue weighted by atomic mass is 10.2. The molecule has 0 bridgehead atoms. The predicted octanol–water partition coefficient (Wildman–Crippen LogP) is 2.76. The number of carbonyl (C=O) groups excluding carboxylic acids is 1. The van der Waals surface area contributed by atoms with Crippen LogP contribution >= 0.6 is 0 Å². The number of nitro benzene ring substituents is 1. The first-order chi connectivity index (χ1) is 14.4. The molecule has 0 aliphatic carbocycles. The quantitative estimate of drug-likeness (QED) is 0.550. The number of rotatable bonds is 7. The summed E-state index contributed by atoms with van der Waals surface area (Å²) in [4.78, 5) is 27.6. The van der Waals surface area contributed by atoms with Crippen LogP contribution in [0.3, 0.4) is 0 Å². The van der Waals surface area contributed by atoms with Crippen LogP contribution in [0.5, 0.6) is 11.5 Å². The van der Waals surface area contributed by atoms with E-state index in [-0.39, 0.29) is 23.4 Å². The lowest BCUT2D eigenvalue weighted by Gasteiger charge is -2.38. The highest BCUT2D eigenvalue weighted by Crippen LogP contribution is 2.29. The van der Waals surface area contributed by atoms with E-state index in [0.29, 0.717) is 5.69 Å². The number of nitro groups is 1. The number of hydrogen-bond donors (Lipinski definition) is 1. The van der Waals surface area contributed by atoms with Crippen LogP contribution in [0.15, 0.2) is 42.5 Å². The van der Waals surface area contributed by atoms with E-state index in [9.17, 15) is 14.9 Å². The number of carbonyl (C=O) groups is 1. The largest absolute Gasteiger partial charge is 0.497 e. The van der Waals surface area contributed by atoms with Gasteiger partial charge in [0.15, 0.2) is 0 Å². The van der Waals surface area contributed by atoms with Crippen molar-refractivity contribution < 1.29 is 19.2 Å². The summed E-state index contributed by atoms with van der Waals surface area (Å²) < 4.78 is 10.4. The van der Waals surface area contributed by atoms with E-state index in [4.69, 9.17) is 9.47 Å². The Hall–Kier alpha value is -3.33. The van der Waals surface area contributed by atoms with Gasteiger partial charge < -0.3 is 19.7 Å². The highest BCUT2D eigenvalue weighted by atomic mass is 16.6. The van der Waals surface area contributed by atoms with Crippen molar-refractivity contribution in [2.75, 3.05) is 50.6 Å². The number of methoxy groups -OCH3 is 2. The predicted molar refractivity (Wildman–Crippen MR) is 115 cm³/mol. The van der Waals surface area contributed by atoms with Gasteiger partial charge in [-0.1, -0.05) is 0 Å². The summed E-state index contributed by atoms with van der Waals surface area (Å²) in [6.45, 7) is 4.97. The zero-order valence-electron chi connectivity index (χ0n) is 17.3. The first-order valence-electron chi connectivity index (χ1n) is 9.69. The SMILES string of the molecule is COc1ccc(N2CCN([C@H](C)C(=O)Nc3ccc([N+](=O)[O-])cc3OC)CC2)cc1. The number of ether oxygens (including phenoxy) is 2. The summed E-state index contributed by atoms with van der Waals surface area (Å²) in [5.41, 5.74) is 1.45. The van der Waals surface area contributed by atoms with Crippen molar-refractivity contribution in [3.05, 3.63) is 52.6 Å². The van der Waals surface area contributed by atoms with E-state index < -0.39 is 4.92 Å². The number of nitrogens with zero attached hydrogens (tertiary/aromatic N) is 3. The summed E-state index contributed by atoms with van der Waals surface area (Å²) in [6.07, 6.45) is 0. The molecule has 0 unspecified atom stereocenters. The molecule has 1 saturated heterocycles. The van der Waals surface area contributed by atoms with Crippen molar-refractivity contribution in [1.29, 1.82) is 0 Å². The van der Waals surface area contributed by atoms with E-state index in [1.807, 2.05) is 31.2 Å². The third-order valence-electron chi connectivity index (χ3n) is 5.33. The summed E-state index contributed by atoms with van der Waals surface area (Å²) in [5.74, 6) is 0.901. The average molecular weight is 414 g/mol. The Bertz CT molecular complexity index is 895. The zero-order chi connectivity index (χ0) is 21.7. The van der Waals surface area contributed by atoms with Gasteiger partial charge in [-0.25, -0.2) is 0 Å². The van der Waals surface area contributed by atoms with Crippen LogP contribution in [-0.4, -0.2) is 62.2 Å². The summed E-state index contributed by atoms with van der Waals surface area (Å²) >= 11 is 0. The van der Waals surface area contributed by atoms with Crippen molar-refractivity contribution in [1.82, 2.24) is 4.90 Å². The van der Waals surface area contributed by atoms with Gasteiger partial charge in [-0.05, 0) is 37.3 Å². The van der Waals surface area contributed by atoms with Crippen LogP contribution in [-0.2, 0) is 4.79 Å². The lowest BCUT2D eigenvalue weighted by Crippen LogP contribution is -2.52. The maximum atomic E-state index is 12.8. The van der Waals surface area contributed by atoms with Crippen molar-refractivity contribution in [2.24, 2.45) is 0 Å². The number of amides is 1. The van der Waals surface area contributed by atoms with Crippen LogP contribution < -0.4 is 19.7 Å². The number of nitrogens with one attached hydrogen (secondary N) is 1. The molecule has 1 fully saturated rings. The molecule has 3 rings (SSSR count). The molecule has 1 aliphatic heterocycles. The molecule has 0 saturated carbocycles. The molecule has 0 radical (unpaired) electrons. The fourth-order valence-corrected chi connectivity index (χ4v) is 3.46. The second-order valence-corrected chi connectivity index (χ2v) is 7.03. The molecule has 2 aromatic carbocycles. The van der Waals surface area contributed by atoms with Gasteiger partial charge in [-0.15, -0.1) is 0 Å². The Morgan fingerprint density at radius 3 is 2.30 bits per heavy atom. The molecular formula is C21H26N4O5. The van der Waals surface area contributed by atoms with E-state index >= 15 is 0 Å². The van der Waals surface area contributed by atoms with E-state index in [0.717, 1.165) is 37.6 Å². The number of hydrogen-bond acceptors (Lipinski definition) is 7. The summed E-state index contributed by atoms with van der Waals surface area (Å²) in [7, 11) is 3.06. The van der Waals surface area contributed by atoms with Gasteiger partial charge in [0.25, 0.3) is 5.69 Å². The minimum absolute atomic E-state index is 0.0902. The fraction of sp³-hybridized carbons (Fsp3) is 0.381. The monoisotopic (exact) mass is 414 g/mol. The molecule has 0 aromatic heterocycles. The zero-order valence-corrected chi connectivity index (χ0v) is 17.3. The third-order valence-corrected chi connectivity index (χ3v) is 5.33. The molecule has 9 nitrogen and oxygen atoms in total. The number of benzene rings is 2. The molecule has 2 aromatic rings. The molecule has 1 N–H and O–H groups in total. The first-order valence-corrected chi connectivity index (χ1v) is 9.69. The normalized spacial score (nSPS) is 15.4. The molecule has 1 heterocycles. The standard InChI is InChI=1S/C21H26N4O5/c1-15(21(26)22-19-9-6-17(25(27)28)14-20(19)30-3)23-10-12-24(13-11-23)16-4-7-18(29-2)8-5-16/h4-9,14-15H,10-13H2,1-3H3,(H,22,26)/t15-/m1/s1. The third kappa shape index (κ3) is 4.80. The van der Waals surface area contributed by atoms with Crippen molar-refractivity contribution >= 4 is 23.0 Å². The minimum atomic E-state index is -0.501. The fourth-order valence-electron chi connectivity index (χ4n) is 3.46. The highest BCUT2D eigenvalue weighted by Gasteiger charge is 2.26. The molecule has 1 aliphatic rings. The molecule has 9 heteroatoms. The van der Waals surface area contributed by atoms with E-state index in [1.165, 1.54) is 25.3 Å². The first kappa shape index (κ1) is 21.4. The summed E-state index contributed by atoms with van der Waals surface area (Å²) in [5, 5.41) is 13.7. The summed E-state index contributed by atoms with van der Waals surface area (Å²) in [6, 6.07) is 11.7. The topological polar surface area (TPSA) is 97.2 Å². The van der Waals surface area contributed by atoms with Crippen LogP contribution in [0.4, 0.5) is 17.1 Å². The maximum Gasteiger partial charge on any atom is 0.273 e. The second kappa shape index (κ2) is 9.45. The Morgan fingerprint density at radius 2 is 1.73 bits per heavy atom. The van der Waals surface area contributed by atoms with E-state index in [1.54, 1.807) is 7.11 Å². The van der Waals surface area contributed by atoms with Crippen molar-refractivity contribution in [3.63, 3.8) is 0 Å². The van der Waals surface area contributed by atoms with Crippen molar-refractivity contribution in [3.8, 4) is 11.5 Å². The van der Waals surface area contributed by atoms with Crippen LogP contribution in [0.2, 0.25) is 0 Å². The van der Waals surface area contributed by atoms with Gasteiger partial charge in [0.1, 0.15) is 11.5 Å². The second-order valence-electron chi connectivity index (χ2n) is 7.03. The lowest BCUT2D eigenvalue weighted by molar-refractivity contribution is -0.384. The van der Waals surface area contributed by atoms with Gasteiger partial charge >= 0.3 is 0 Å². The number of non-ortho nitro benzene ring substituents is 1. The number of anilines is 2. The Kier molecular flexibility index (Phi) is 6.73. The maximum absolute atomic E-state index is 12.8. The van der Waals surface area contributed by atoms with Gasteiger partial charge in [0, 0.05) is 37.9 Å². The molecular weight excluding hydrogens is 388 g/mol. The molecule has 1 amide bonds. The molecule has 1 atom stereocenters. The Balaban J connectivity index is 1.58.